The van der Waals surface area contributed by atoms with Crippen LogP contribution >= 0.6 is 0 Å². The SMILES string of the molecule is C[C@@H]1CC[C@@H]2[C@H](C)[C@H]3CC[C@H]4[C@H](C[C@@H]5[C@H]4C[C@H](O)[C@H]4C[C@@H](O)CC[C@]54C)[C@@H]3CN2C1. The maximum absolute atomic E-state index is 11.2. The van der Waals surface area contributed by atoms with E-state index in [9.17, 15) is 10.2 Å². The van der Waals surface area contributed by atoms with Crippen LogP contribution in [0.5, 0.6) is 0 Å². The van der Waals surface area contributed by atoms with Crippen LogP contribution in [-0.4, -0.2) is 46.5 Å². The molecular weight excluding hydrogens is 370 g/mol. The van der Waals surface area contributed by atoms with E-state index in [1.165, 1.54) is 45.2 Å². The first-order valence-electron chi connectivity index (χ1n) is 13.5. The second kappa shape index (κ2) is 7.19. The van der Waals surface area contributed by atoms with Crippen molar-refractivity contribution < 1.29 is 10.2 Å². The Morgan fingerprint density at radius 1 is 0.733 bits per heavy atom. The monoisotopic (exact) mass is 415 g/mol. The Morgan fingerprint density at radius 2 is 1.53 bits per heavy atom. The molecular formula is C27H45NO2. The molecule has 4 saturated carbocycles. The third-order valence-electron chi connectivity index (χ3n) is 12.0. The molecule has 2 saturated heterocycles. The number of piperidine rings is 2. The minimum atomic E-state index is -0.181. The van der Waals surface area contributed by atoms with E-state index >= 15 is 0 Å². The average Bonchev–Trinajstić information content (AvgIpc) is 3.09. The Labute approximate surface area is 184 Å². The average molecular weight is 416 g/mol. The first kappa shape index (κ1) is 20.5. The fraction of sp³-hybridized carbons (Fsp3) is 1.00. The lowest BCUT2D eigenvalue weighted by Crippen LogP contribution is -2.58. The third kappa shape index (κ3) is 2.86. The molecule has 30 heavy (non-hydrogen) atoms. The Bertz CT molecular complexity index is 665. The van der Waals surface area contributed by atoms with Crippen LogP contribution in [0.25, 0.3) is 0 Å². The predicted octanol–water partition coefficient (Wildman–Crippen LogP) is 4.56. The van der Waals surface area contributed by atoms with Crippen LogP contribution in [-0.2, 0) is 0 Å². The number of hydrogen-bond acceptors (Lipinski definition) is 3. The minimum absolute atomic E-state index is 0.180. The zero-order valence-corrected chi connectivity index (χ0v) is 19.5. The molecule has 3 nitrogen and oxygen atoms in total. The fourth-order valence-corrected chi connectivity index (χ4v) is 10.6. The minimum Gasteiger partial charge on any atom is -0.393 e. The Morgan fingerprint density at radius 3 is 2.37 bits per heavy atom. The summed E-state index contributed by atoms with van der Waals surface area (Å²) in [5, 5.41) is 21.5. The summed E-state index contributed by atoms with van der Waals surface area (Å²) in [4.78, 5) is 2.92. The largest absolute Gasteiger partial charge is 0.393 e. The van der Waals surface area contributed by atoms with Crippen molar-refractivity contribution in [3.05, 3.63) is 0 Å². The van der Waals surface area contributed by atoms with Crippen molar-refractivity contribution in [3.8, 4) is 0 Å². The van der Waals surface area contributed by atoms with Gasteiger partial charge < -0.3 is 10.2 Å². The van der Waals surface area contributed by atoms with Crippen LogP contribution in [0.1, 0.15) is 78.6 Å². The number of hydrogen-bond donors (Lipinski definition) is 2. The molecule has 0 aromatic rings. The van der Waals surface area contributed by atoms with Gasteiger partial charge in [-0.25, -0.2) is 0 Å². The van der Waals surface area contributed by atoms with Crippen LogP contribution in [0, 0.1) is 58.7 Å². The van der Waals surface area contributed by atoms with Gasteiger partial charge in [-0.05, 0) is 116 Å². The van der Waals surface area contributed by atoms with E-state index in [0.29, 0.717) is 5.92 Å². The second-order valence-electron chi connectivity index (χ2n) is 13.1. The second-order valence-corrected chi connectivity index (χ2v) is 13.1. The standard InChI is InChI=1S/C27H45NO2/c1-15-4-7-25-16(2)18-5-6-19-20(22(18)14-28(25)13-15)11-23-21(19)12-26(30)24-10-17(29)8-9-27(23,24)3/h15-26,29-30H,4-14H2,1-3H3/t15-,16-,17+,18-,19+,20+,21+,22-,23-,24-,25-,26+,27-/m1/s1. The Hall–Kier alpha value is -0.120. The first-order chi connectivity index (χ1) is 14.4. The Kier molecular flexibility index (Phi) is 4.91. The smallest absolute Gasteiger partial charge is 0.0577 e. The molecule has 6 rings (SSSR count). The van der Waals surface area contributed by atoms with E-state index in [2.05, 4.69) is 25.7 Å². The summed E-state index contributed by atoms with van der Waals surface area (Å²) in [6, 6.07) is 0.853. The van der Waals surface area contributed by atoms with Gasteiger partial charge in [0.25, 0.3) is 0 Å². The quantitative estimate of drug-likeness (QED) is 0.609. The Balaban J connectivity index is 1.28. The van der Waals surface area contributed by atoms with Gasteiger partial charge in [-0.1, -0.05) is 20.8 Å². The normalized spacial score (nSPS) is 60.7. The van der Waals surface area contributed by atoms with E-state index in [0.717, 1.165) is 79.1 Å². The first-order valence-corrected chi connectivity index (χ1v) is 13.5. The number of rotatable bonds is 0. The molecule has 2 N–H and O–H groups in total. The zero-order chi connectivity index (χ0) is 20.8. The molecule has 0 aromatic heterocycles. The van der Waals surface area contributed by atoms with Crippen molar-refractivity contribution in [2.24, 2.45) is 58.7 Å². The van der Waals surface area contributed by atoms with Crippen LogP contribution in [0.3, 0.4) is 0 Å². The van der Waals surface area contributed by atoms with Crippen LogP contribution in [0.2, 0.25) is 0 Å². The van der Waals surface area contributed by atoms with Crippen molar-refractivity contribution in [1.29, 1.82) is 0 Å². The molecule has 0 unspecified atom stereocenters. The molecule has 13 atom stereocenters. The highest BCUT2D eigenvalue weighted by Crippen LogP contribution is 2.67. The maximum Gasteiger partial charge on any atom is 0.0577 e. The lowest BCUT2D eigenvalue weighted by atomic mass is 9.51. The molecule has 2 aliphatic heterocycles. The topological polar surface area (TPSA) is 43.7 Å². The summed E-state index contributed by atoms with van der Waals surface area (Å²) in [5.74, 6) is 7.22. The summed E-state index contributed by atoms with van der Waals surface area (Å²) in [5.41, 5.74) is 0.261. The van der Waals surface area contributed by atoms with Gasteiger partial charge in [0.05, 0.1) is 12.2 Å². The molecule has 6 fully saturated rings. The predicted molar refractivity (Wildman–Crippen MR) is 120 cm³/mol. The van der Waals surface area contributed by atoms with Crippen LogP contribution in [0.15, 0.2) is 0 Å². The van der Waals surface area contributed by atoms with Crippen molar-refractivity contribution in [2.45, 2.75) is 96.8 Å². The van der Waals surface area contributed by atoms with E-state index < -0.39 is 0 Å². The highest BCUT2D eigenvalue weighted by atomic mass is 16.3. The number of fused-ring (bicyclic) bond motifs is 8. The van der Waals surface area contributed by atoms with Crippen molar-refractivity contribution >= 4 is 0 Å². The van der Waals surface area contributed by atoms with E-state index in [1.807, 2.05) is 0 Å². The fourth-order valence-electron chi connectivity index (χ4n) is 10.6. The number of nitrogens with zero attached hydrogens (tertiary/aromatic N) is 1. The van der Waals surface area contributed by atoms with Crippen LogP contribution < -0.4 is 0 Å². The van der Waals surface area contributed by atoms with Gasteiger partial charge in [-0.2, -0.15) is 0 Å². The molecule has 0 bridgehead atoms. The zero-order valence-electron chi connectivity index (χ0n) is 19.5. The molecule has 6 aliphatic rings. The van der Waals surface area contributed by atoms with Gasteiger partial charge in [0.15, 0.2) is 0 Å². The molecule has 0 radical (unpaired) electrons. The molecule has 2 heterocycles. The van der Waals surface area contributed by atoms with E-state index in [-0.39, 0.29) is 17.6 Å². The molecule has 0 spiro atoms. The molecule has 0 aromatic carbocycles. The highest BCUT2D eigenvalue weighted by molar-refractivity contribution is 5.12. The third-order valence-corrected chi connectivity index (χ3v) is 12.0. The summed E-state index contributed by atoms with van der Waals surface area (Å²) in [6.07, 6.45) is 10.7. The van der Waals surface area contributed by atoms with Gasteiger partial charge in [0.1, 0.15) is 0 Å². The summed E-state index contributed by atoms with van der Waals surface area (Å²) in [6.45, 7) is 10.3. The lowest BCUT2D eigenvalue weighted by Gasteiger charge is -2.56. The van der Waals surface area contributed by atoms with Crippen molar-refractivity contribution in [1.82, 2.24) is 4.90 Å². The number of aliphatic hydroxyl groups excluding tert-OH is 2. The summed E-state index contributed by atoms with van der Waals surface area (Å²) < 4.78 is 0. The lowest BCUT2D eigenvalue weighted by molar-refractivity contribution is -0.130. The van der Waals surface area contributed by atoms with Gasteiger partial charge in [-0.3, -0.25) is 4.90 Å². The molecule has 0 amide bonds. The maximum atomic E-state index is 11.2. The van der Waals surface area contributed by atoms with E-state index in [1.54, 1.807) is 0 Å². The van der Waals surface area contributed by atoms with Gasteiger partial charge >= 0.3 is 0 Å². The van der Waals surface area contributed by atoms with Crippen molar-refractivity contribution in [3.63, 3.8) is 0 Å². The van der Waals surface area contributed by atoms with Crippen molar-refractivity contribution in [2.75, 3.05) is 13.1 Å². The summed E-state index contributed by atoms with van der Waals surface area (Å²) >= 11 is 0. The number of aliphatic hydroxyl groups is 2. The molecule has 3 heteroatoms. The summed E-state index contributed by atoms with van der Waals surface area (Å²) in [7, 11) is 0. The highest BCUT2D eigenvalue weighted by Gasteiger charge is 2.62. The van der Waals surface area contributed by atoms with Crippen LogP contribution in [0.4, 0.5) is 0 Å². The van der Waals surface area contributed by atoms with Gasteiger partial charge in [0, 0.05) is 19.1 Å². The van der Waals surface area contributed by atoms with Gasteiger partial charge in [-0.15, -0.1) is 0 Å². The molecule has 170 valence electrons. The van der Waals surface area contributed by atoms with E-state index in [4.69, 9.17) is 0 Å². The van der Waals surface area contributed by atoms with Gasteiger partial charge in [0.2, 0.25) is 0 Å². The molecule has 4 aliphatic carbocycles.